The number of halogens is 1. The predicted molar refractivity (Wildman–Crippen MR) is 115 cm³/mol. The van der Waals surface area contributed by atoms with Gasteiger partial charge in [0.15, 0.2) is 0 Å². The third-order valence-corrected chi connectivity index (χ3v) is 4.88. The minimum Gasteiger partial charge on any atom is -0.378 e. The molecule has 1 N–H and O–H groups in total. The SMILES string of the molecule is CN(C)c1ccc(-n2cccc2/C=C2/C(=O)NC(=O)N(c3cccc(F)c3)C2=O)cc1. The van der Waals surface area contributed by atoms with E-state index in [1.165, 1.54) is 24.3 Å². The maximum absolute atomic E-state index is 13.6. The van der Waals surface area contributed by atoms with Gasteiger partial charge in [0.05, 0.1) is 5.69 Å². The normalized spacial score (nSPS) is 15.4. The van der Waals surface area contributed by atoms with Crippen LogP contribution in [0, 0.1) is 5.82 Å². The Morgan fingerprint density at radius 1 is 0.935 bits per heavy atom. The van der Waals surface area contributed by atoms with Crippen LogP contribution in [-0.4, -0.2) is 36.5 Å². The second-order valence-electron chi connectivity index (χ2n) is 7.15. The number of urea groups is 1. The molecule has 1 aliphatic rings. The molecule has 0 radical (unpaired) electrons. The Hall–Kier alpha value is -4.20. The van der Waals surface area contributed by atoms with E-state index in [1.807, 2.05) is 47.8 Å². The van der Waals surface area contributed by atoms with E-state index in [9.17, 15) is 18.8 Å². The van der Waals surface area contributed by atoms with Gasteiger partial charge in [0, 0.05) is 37.4 Å². The maximum atomic E-state index is 13.6. The van der Waals surface area contributed by atoms with Gasteiger partial charge in [-0.15, -0.1) is 0 Å². The highest BCUT2D eigenvalue weighted by molar-refractivity contribution is 6.39. The van der Waals surface area contributed by atoms with E-state index in [0.717, 1.165) is 22.3 Å². The number of barbiturate groups is 1. The average molecular weight is 418 g/mol. The molecule has 1 saturated heterocycles. The summed E-state index contributed by atoms with van der Waals surface area (Å²) < 4.78 is 15.4. The number of rotatable bonds is 4. The maximum Gasteiger partial charge on any atom is 0.335 e. The molecule has 3 aromatic rings. The second kappa shape index (κ2) is 7.91. The van der Waals surface area contributed by atoms with Gasteiger partial charge in [-0.25, -0.2) is 14.1 Å². The second-order valence-corrected chi connectivity index (χ2v) is 7.15. The van der Waals surface area contributed by atoms with E-state index in [0.29, 0.717) is 5.69 Å². The van der Waals surface area contributed by atoms with Gasteiger partial charge in [0.2, 0.25) is 0 Å². The van der Waals surface area contributed by atoms with Crippen molar-refractivity contribution in [2.75, 3.05) is 23.9 Å². The third kappa shape index (κ3) is 3.83. The van der Waals surface area contributed by atoms with Crippen LogP contribution in [0.3, 0.4) is 0 Å². The van der Waals surface area contributed by atoms with Crippen molar-refractivity contribution in [2.24, 2.45) is 0 Å². The molecule has 8 heteroatoms. The Morgan fingerprint density at radius 2 is 1.68 bits per heavy atom. The largest absolute Gasteiger partial charge is 0.378 e. The fraction of sp³-hybridized carbons (Fsp3) is 0.0870. The quantitative estimate of drug-likeness (QED) is 0.521. The summed E-state index contributed by atoms with van der Waals surface area (Å²) in [5.74, 6) is -2.23. The Labute approximate surface area is 178 Å². The molecule has 0 bridgehead atoms. The number of benzene rings is 2. The number of hydrogen-bond acceptors (Lipinski definition) is 4. The Kier molecular flexibility index (Phi) is 5.12. The van der Waals surface area contributed by atoms with Crippen molar-refractivity contribution in [3.8, 4) is 5.69 Å². The Bertz CT molecular complexity index is 1210. The summed E-state index contributed by atoms with van der Waals surface area (Å²) >= 11 is 0. The van der Waals surface area contributed by atoms with Gasteiger partial charge in [0.1, 0.15) is 11.4 Å². The first-order chi connectivity index (χ1) is 14.8. The molecular formula is C23H19FN4O3. The van der Waals surface area contributed by atoms with E-state index >= 15 is 0 Å². The molecule has 0 saturated carbocycles. The molecule has 4 amide bonds. The van der Waals surface area contributed by atoms with Crippen molar-refractivity contribution in [1.82, 2.24) is 9.88 Å². The lowest BCUT2D eigenvalue weighted by Crippen LogP contribution is -2.54. The molecule has 0 aliphatic carbocycles. The van der Waals surface area contributed by atoms with E-state index in [4.69, 9.17) is 0 Å². The molecule has 0 spiro atoms. The van der Waals surface area contributed by atoms with E-state index in [-0.39, 0.29) is 11.3 Å². The van der Waals surface area contributed by atoms with Crippen molar-refractivity contribution in [3.05, 3.63) is 83.9 Å². The number of carbonyl (C=O) groups excluding carboxylic acids is 3. The first-order valence-electron chi connectivity index (χ1n) is 9.47. The first-order valence-corrected chi connectivity index (χ1v) is 9.47. The van der Waals surface area contributed by atoms with Gasteiger partial charge in [0.25, 0.3) is 11.8 Å². The smallest absolute Gasteiger partial charge is 0.335 e. The summed E-state index contributed by atoms with van der Waals surface area (Å²) in [5.41, 5.74) is 2.25. The summed E-state index contributed by atoms with van der Waals surface area (Å²) in [4.78, 5) is 40.4. The van der Waals surface area contributed by atoms with Crippen molar-refractivity contribution in [2.45, 2.75) is 0 Å². The standard InChI is InChI=1S/C23H19FN4O3/c1-26(2)16-8-10-17(11-9-16)27-12-4-7-18(27)14-20-21(29)25-23(31)28(22(20)30)19-6-3-5-15(24)13-19/h3-14H,1-2H3,(H,25,29,31)/b20-14-. The van der Waals surface area contributed by atoms with E-state index in [1.54, 1.807) is 18.3 Å². The van der Waals surface area contributed by atoms with Gasteiger partial charge < -0.3 is 9.47 Å². The zero-order valence-corrected chi connectivity index (χ0v) is 16.9. The van der Waals surface area contributed by atoms with Crippen LogP contribution in [0.5, 0.6) is 0 Å². The fourth-order valence-electron chi connectivity index (χ4n) is 3.31. The van der Waals surface area contributed by atoms with Crippen LogP contribution in [0.15, 0.2) is 72.4 Å². The highest BCUT2D eigenvalue weighted by atomic mass is 19.1. The zero-order chi connectivity index (χ0) is 22.1. The average Bonchev–Trinajstić information content (AvgIpc) is 3.19. The summed E-state index contributed by atoms with van der Waals surface area (Å²) in [6.45, 7) is 0. The highest BCUT2D eigenvalue weighted by Gasteiger charge is 2.37. The topological polar surface area (TPSA) is 74.7 Å². The van der Waals surface area contributed by atoms with Crippen LogP contribution < -0.4 is 15.1 Å². The van der Waals surface area contributed by atoms with Crippen LogP contribution >= 0.6 is 0 Å². The van der Waals surface area contributed by atoms with Crippen molar-refractivity contribution in [1.29, 1.82) is 0 Å². The summed E-state index contributed by atoms with van der Waals surface area (Å²) in [6.07, 6.45) is 3.22. The third-order valence-electron chi connectivity index (χ3n) is 4.88. The van der Waals surface area contributed by atoms with Crippen molar-refractivity contribution >= 4 is 35.3 Å². The Morgan fingerprint density at radius 3 is 2.35 bits per heavy atom. The number of amides is 4. The lowest BCUT2D eigenvalue weighted by Gasteiger charge is -2.26. The molecule has 1 fully saturated rings. The summed E-state index contributed by atoms with van der Waals surface area (Å²) in [7, 11) is 3.89. The summed E-state index contributed by atoms with van der Waals surface area (Å²) in [6, 6.07) is 15.4. The lowest BCUT2D eigenvalue weighted by molar-refractivity contribution is -0.122. The van der Waals surface area contributed by atoms with Crippen LogP contribution in [0.1, 0.15) is 5.69 Å². The predicted octanol–water partition coefficient (Wildman–Crippen LogP) is 3.35. The molecule has 0 unspecified atom stereocenters. The van der Waals surface area contributed by atoms with E-state index < -0.39 is 23.7 Å². The molecule has 2 aromatic carbocycles. The number of hydrogen-bond donors (Lipinski definition) is 1. The number of aromatic nitrogens is 1. The number of carbonyl (C=O) groups is 3. The minimum absolute atomic E-state index is 0.0376. The molecule has 0 atom stereocenters. The molecule has 156 valence electrons. The van der Waals surface area contributed by atoms with Crippen molar-refractivity contribution in [3.63, 3.8) is 0 Å². The minimum atomic E-state index is -0.924. The monoisotopic (exact) mass is 418 g/mol. The molecule has 1 aromatic heterocycles. The fourth-order valence-corrected chi connectivity index (χ4v) is 3.31. The van der Waals surface area contributed by atoms with Gasteiger partial charge in [-0.3, -0.25) is 14.9 Å². The van der Waals surface area contributed by atoms with Crippen LogP contribution in [0.2, 0.25) is 0 Å². The molecular weight excluding hydrogens is 399 g/mol. The lowest BCUT2D eigenvalue weighted by atomic mass is 10.1. The van der Waals surface area contributed by atoms with E-state index in [2.05, 4.69) is 5.32 Å². The molecule has 31 heavy (non-hydrogen) atoms. The van der Waals surface area contributed by atoms with Crippen LogP contribution in [0.25, 0.3) is 11.8 Å². The molecule has 4 rings (SSSR count). The number of imide groups is 2. The number of nitrogens with zero attached hydrogens (tertiary/aromatic N) is 3. The van der Waals surface area contributed by atoms with Gasteiger partial charge >= 0.3 is 6.03 Å². The van der Waals surface area contributed by atoms with Gasteiger partial charge in [-0.05, 0) is 60.7 Å². The Balaban J connectivity index is 1.71. The summed E-state index contributed by atoms with van der Waals surface area (Å²) in [5, 5.41) is 2.14. The zero-order valence-electron chi connectivity index (χ0n) is 16.9. The number of anilines is 2. The van der Waals surface area contributed by atoms with Crippen LogP contribution in [-0.2, 0) is 9.59 Å². The molecule has 7 nitrogen and oxygen atoms in total. The molecule has 1 aliphatic heterocycles. The van der Waals surface area contributed by atoms with Crippen molar-refractivity contribution < 1.29 is 18.8 Å². The molecule has 2 heterocycles. The highest BCUT2D eigenvalue weighted by Crippen LogP contribution is 2.24. The van der Waals surface area contributed by atoms with Crippen LogP contribution in [0.4, 0.5) is 20.6 Å². The van der Waals surface area contributed by atoms with Gasteiger partial charge in [-0.2, -0.15) is 0 Å². The number of nitrogens with one attached hydrogen (secondary N) is 1. The van der Waals surface area contributed by atoms with Gasteiger partial charge in [-0.1, -0.05) is 6.07 Å². The first kappa shape index (κ1) is 20.1.